The zero-order chi connectivity index (χ0) is 13.2. The summed E-state index contributed by atoms with van der Waals surface area (Å²) >= 11 is 0. The van der Waals surface area contributed by atoms with Gasteiger partial charge in [-0.1, -0.05) is 12.1 Å². The molecule has 0 bridgehead atoms. The van der Waals surface area contributed by atoms with E-state index in [-0.39, 0.29) is 5.91 Å². The fraction of sp³-hybridized carbons (Fsp3) is 0.286. The Bertz CT molecular complexity index is 621. The van der Waals surface area contributed by atoms with Crippen molar-refractivity contribution in [3.8, 4) is 0 Å². The Morgan fingerprint density at radius 2 is 2.00 bits per heavy atom. The van der Waals surface area contributed by atoms with Crippen LogP contribution in [0.25, 0.3) is 10.8 Å². The van der Waals surface area contributed by atoms with E-state index in [9.17, 15) is 4.79 Å². The van der Waals surface area contributed by atoms with Gasteiger partial charge in [0, 0.05) is 35.7 Å². The first-order chi connectivity index (χ1) is 9.27. The van der Waals surface area contributed by atoms with Gasteiger partial charge in [-0.05, 0) is 12.1 Å². The van der Waals surface area contributed by atoms with Crippen molar-refractivity contribution in [2.75, 3.05) is 32.0 Å². The van der Waals surface area contributed by atoms with Crippen molar-refractivity contribution < 1.29 is 9.53 Å². The molecule has 1 saturated heterocycles. The van der Waals surface area contributed by atoms with Gasteiger partial charge >= 0.3 is 0 Å². The summed E-state index contributed by atoms with van der Waals surface area (Å²) in [5.41, 5.74) is 7.06. The third kappa shape index (κ3) is 2.13. The van der Waals surface area contributed by atoms with E-state index in [0.29, 0.717) is 37.7 Å². The molecule has 0 aliphatic carbocycles. The number of ether oxygens (including phenoxy) is 1. The second-order valence-electron chi connectivity index (χ2n) is 4.51. The molecule has 5 heteroatoms. The van der Waals surface area contributed by atoms with Crippen LogP contribution < -0.4 is 5.73 Å². The van der Waals surface area contributed by atoms with Gasteiger partial charge in [0.1, 0.15) is 5.69 Å². The molecular formula is C14H15N3O2. The van der Waals surface area contributed by atoms with Crippen molar-refractivity contribution in [1.29, 1.82) is 0 Å². The number of hydrogen-bond donors (Lipinski definition) is 1. The summed E-state index contributed by atoms with van der Waals surface area (Å²) in [5.74, 6) is -0.0560. The maximum Gasteiger partial charge on any atom is 0.273 e. The normalized spacial score (nSPS) is 15.7. The molecule has 0 unspecified atom stereocenters. The highest BCUT2D eigenvalue weighted by Crippen LogP contribution is 2.23. The summed E-state index contributed by atoms with van der Waals surface area (Å²) < 4.78 is 5.26. The van der Waals surface area contributed by atoms with Crippen LogP contribution in [-0.2, 0) is 4.74 Å². The fourth-order valence-electron chi connectivity index (χ4n) is 2.32. The Kier molecular flexibility index (Phi) is 3.05. The molecule has 1 aliphatic rings. The highest BCUT2D eigenvalue weighted by atomic mass is 16.5. The van der Waals surface area contributed by atoms with E-state index >= 15 is 0 Å². The van der Waals surface area contributed by atoms with Gasteiger partial charge in [-0.25, -0.2) is 0 Å². The van der Waals surface area contributed by atoms with Crippen LogP contribution >= 0.6 is 0 Å². The highest BCUT2D eigenvalue weighted by molar-refractivity contribution is 6.07. The van der Waals surface area contributed by atoms with Crippen molar-refractivity contribution in [2.24, 2.45) is 0 Å². The number of pyridine rings is 1. The SMILES string of the molecule is Nc1cccc2c(C(=O)N3CCOCC3)nccc12. The highest BCUT2D eigenvalue weighted by Gasteiger charge is 2.21. The topological polar surface area (TPSA) is 68.5 Å². The number of morpholine rings is 1. The van der Waals surface area contributed by atoms with Crippen molar-refractivity contribution >= 4 is 22.4 Å². The van der Waals surface area contributed by atoms with Gasteiger partial charge in [0.15, 0.2) is 0 Å². The zero-order valence-corrected chi connectivity index (χ0v) is 10.5. The van der Waals surface area contributed by atoms with Crippen LogP contribution in [0.4, 0.5) is 5.69 Å². The maximum absolute atomic E-state index is 12.5. The number of fused-ring (bicyclic) bond motifs is 1. The molecule has 1 amide bonds. The summed E-state index contributed by atoms with van der Waals surface area (Å²) in [7, 11) is 0. The van der Waals surface area contributed by atoms with E-state index in [1.165, 1.54) is 0 Å². The van der Waals surface area contributed by atoms with E-state index in [0.717, 1.165) is 10.8 Å². The first-order valence-electron chi connectivity index (χ1n) is 6.27. The molecule has 2 heterocycles. The van der Waals surface area contributed by atoms with Gasteiger partial charge < -0.3 is 15.4 Å². The van der Waals surface area contributed by atoms with Crippen LogP contribution in [0, 0.1) is 0 Å². The number of rotatable bonds is 1. The average Bonchev–Trinajstić information content (AvgIpc) is 2.47. The fourth-order valence-corrected chi connectivity index (χ4v) is 2.32. The summed E-state index contributed by atoms with van der Waals surface area (Å²) in [6.45, 7) is 2.38. The lowest BCUT2D eigenvalue weighted by Gasteiger charge is -2.26. The molecule has 0 atom stereocenters. The summed E-state index contributed by atoms with van der Waals surface area (Å²) in [4.78, 5) is 18.5. The van der Waals surface area contributed by atoms with E-state index in [2.05, 4.69) is 4.98 Å². The van der Waals surface area contributed by atoms with Gasteiger partial charge in [-0.3, -0.25) is 9.78 Å². The molecule has 5 nitrogen and oxygen atoms in total. The Hall–Kier alpha value is -2.14. The molecule has 98 valence electrons. The van der Waals surface area contributed by atoms with E-state index < -0.39 is 0 Å². The lowest BCUT2D eigenvalue weighted by Crippen LogP contribution is -2.41. The smallest absolute Gasteiger partial charge is 0.273 e. The minimum atomic E-state index is -0.0560. The third-order valence-corrected chi connectivity index (χ3v) is 3.34. The van der Waals surface area contributed by atoms with Crippen LogP contribution in [0.3, 0.4) is 0 Å². The average molecular weight is 257 g/mol. The van der Waals surface area contributed by atoms with Gasteiger partial charge in [0.2, 0.25) is 0 Å². The Labute approximate surface area is 111 Å². The van der Waals surface area contributed by atoms with Gasteiger partial charge in [0.05, 0.1) is 13.2 Å². The Morgan fingerprint density at radius 3 is 2.79 bits per heavy atom. The molecule has 1 aromatic heterocycles. The second kappa shape index (κ2) is 4.85. The third-order valence-electron chi connectivity index (χ3n) is 3.34. The van der Waals surface area contributed by atoms with Gasteiger partial charge in [0.25, 0.3) is 5.91 Å². The van der Waals surface area contributed by atoms with Crippen molar-refractivity contribution in [3.63, 3.8) is 0 Å². The van der Waals surface area contributed by atoms with Gasteiger partial charge in [-0.2, -0.15) is 0 Å². The van der Waals surface area contributed by atoms with Crippen LogP contribution in [0.15, 0.2) is 30.5 Å². The number of anilines is 1. The standard InChI is InChI=1S/C14H15N3O2/c15-12-3-1-2-11-10(12)4-5-16-13(11)14(18)17-6-8-19-9-7-17/h1-5H,6-9,15H2. The monoisotopic (exact) mass is 257 g/mol. The molecule has 1 aliphatic heterocycles. The molecule has 0 radical (unpaired) electrons. The van der Waals surface area contributed by atoms with E-state index in [1.807, 2.05) is 24.3 Å². The largest absolute Gasteiger partial charge is 0.398 e. The van der Waals surface area contributed by atoms with E-state index in [4.69, 9.17) is 10.5 Å². The van der Waals surface area contributed by atoms with E-state index in [1.54, 1.807) is 11.1 Å². The minimum absolute atomic E-state index is 0.0560. The molecule has 1 fully saturated rings. The quantitative estimate of drug-likeness (QED) is 0.782. The number of nitrogens with zero attached hydrogens (tertiary/aromatic N) is 2. The molecule has 1 aromatic carbocycles. The first kappa shape index (κ1) is 11.9. The molecule has 0 saturated carbocycles. The minimum Gasteiger partial charge on any atom is -0.398 e. The number of hydrogen-bond acceptors (Lipinski definition) is 4. The molecule has 3 rings (SSSR count). The van der Waals surface area contributed by atoms with Crippen LogP contribution in [0.5, 0.6) is 0 Å². The predicted octanol–water partition coefficient (Wildman–Crippen LogP) is 1.29. The summed E-state index contributed by atoms with van der Waals surface area (Å²) in [6.07, 6.45) is 1.63. The predicted molar refractivity (Wildman–Crippen MR) is 72.9 cm³/mol. The maximum atomic E-state index is 12.5. The number of nitrogen functional groups attached to an aromatic ring is 1. The molecule has 19 heavy (non-hydrogen) atoms. The van der Waals surface area contributed by atoms with Crippen molar-refractivity contribution in [1.82, 2.24) is 9.88 Å². The molecule has 2 aromatic rings. The van der Waals surface area contributed by atoms with Gasteiger partial charge in [-0.15, -0.1) is 0 Å². The number of aromatic nitrogens is 1. The number of amides is 1. The van der Waals surface area contributed by atoms with Crippen LogP contribution in [0.2, 0.25) is 0 Å². The first-order valence-corrected chi connectivity index (χ1v) is 6.27. The number of carbonyl (C=O) groups is 1. The van der Waals surface area contributed by atoms with Crippen LogP contribution in [0.1, 0.15) is 10.5 Å². The van der Waals surface area contributed by atoms with Crippen molar-refractivity contribution in [3.05, 3.63) is 36.2 Å². The number of nitrogens with two attached hydrogens (primary N) is 1. The zero-order valence-electron chi connectivity index (χ0n) is 10.5. The number of benzene rings is 1. The lowest BCUT2D eigenvalue weighted by molar-refractivity contribution is 0.0300. The summed E-state index contributed by atoms with van der Waals surface area (Å²) in [6, 6.07) is 7.38. The molecule has 0 spiro atoms. The molecule has 2 N–H and O–H groups in total. The number of carbonyl (C=O) groups excluding carboxylic acids is 1. The van der Waals surface area contributed by atoms with Crippen LogP contribution in [-0.4, -0.2) is 42.1 Å². The van der Waals surface area contributed by atoms with Crippen molar-refractivity contribution in [2.45, 2.75) is 0 Å². The summed E-state index contributed by atoms with van der Waals surface area (Å²) in [5, 5.41) is 1.67. The Morgan fingerprint density at radius 1 is 1.21 bits per heavy atom. The Balaban J connectivity index is 2.04. The second-order valence-corrected chi connectivity index (χ2v) is 4.51. The lowest BCUT2D eigenvalue weighted by atomic mass is 10.1. The molecular weight excluding hydrogens is 242 g/mol.